The van der Waals surface area contributed by atoms with Crippen molar-refractivity contribution in [1.82, 2.24) is 0 Å². The highest BCUT2D eigenvalue weighted by atomic mass is 33.5. The summed E-state index contributed by atoms with van der Waals surface area (Å²) in [4.78, 5) is 0. The molecule has 0 aliphatic carbocycles. The molecular formula is H2O5S3. The summed E-state index contributed by atoms with van der Waals surface area (Å²) in [5.74, 6) is 0. The van der Waals surface area contributed by atoms with Crippen molar-refractivity contribution < 1.29 is 21.7 Å². The minimum atomic E-state index is -4.24. The van der Waals surface area contributed by atoms with Crippen LogP contribution < -0.4 is 0 Å². The third kappa shape index (κ3) is 2.09. The third-order valence-corrected chi connectivity index (χ3v) is 3.99. The normalized spacial score (nSPS) is 15.8. The molecule has 0 aromatic heterocycles. The van der Waals surface area contributed by atoms with Crippen LogP contribution in [-0.4, -0.2) is 21.7 Å². The van der Waals surface area contributed by atoms with E-state index in [1.54, 1.807) is 0 Å². The minimum Gasteiger partial charge on any atom is -0.316 e. The first-order valence-corrected chi connectivity index (χ1v) is 5.60. The van der Waals surface area contributed by atoms with Gasteiger partial charge in [0.1, 0.15) is 11.1 Å². The van der Waals surface area contributed by atoms with Crippen LogP contribution in [0.1, 0.15) is 0 Å². The molecule has 0 radical (unpaired) electrons. The smallest absolute Gasteiger partial charge is 0.316 e. The highest BCUT2D eigenvalue weighted by Crippen LogP contribution is 2.09. The first-order chi connectivity index (χ1) is 3.50. The lowest BCUT2D eigenvalue weighted by molar-refractivity contribution is 0.565. The zero-order valence-corrected chi connectivity index (χ0v) is 5.79. The number of hydrogen-bond donors (Lipinski definition) is 2. The molecule has 5 nitrogen and oxygen atoms in total. The SMILES string of the molecule is O=S(O)S(=O)(=O)SO. The lowest BCUT2D eigenvalue weighted by Crippen LogP contribution is -1.99. The summed E-state index contributed by atoms with van der Waals surface area (Å²) in [5.41, 5.74) is 0. The quantitative estimate of drug-likeness (QED) is 0.341. The molecule has 0 bridgehead atoms. The largest absolute Gasteiger partial charge is 0.331 e. The molecule has 0 amide bonds. The van der Waals surface area contributed by atoms with Crippen LogP contribution in [-0.2, 0) is 18.0 Å². The highest BCUT2D eigenvalue weighted by molar-refractivity contribution is 8.98. The van der Waals surface area contributed by atoms with Crippen LogP contribution in [0.5, 0.6) is 0 Å². The van der Waals surface area contributed by atoms with Crippen LogP contribution in [0.4, 0.5) is 0 Å². The molecule has 2 N–H and O–H groups in total. The molecule has 50 valence electrons. The van der Waals surface area contributed by atoms with Crippen molar-refractivity contribution in [2.24, 2.45) is 0 Å². The fourth-order valence-corrected chi connectivity index (χ4v) is 0.703. The predicted molar refractivity (Wildman–Crippen MR) is 29.9 cm³/mol. The van der Waals surface area contributed by atoms with Crippen molar-refractivity contribution in [2.75, 3.05) is 0 Å². The van der Waals surface area contributed by atoms with Crippen molar-refractivity contribution in [3.05, 3.63) is 0 Å². The summed E-state index contributed by atoms with van der Waals surface area (Å²) in [5, 5.41) is 0. The monoisotopic (exact) mass is 178 g/mol. The Morgan fingerprint density at radius 3 is 1.88 bits per heavy atom. The van der Waals surface area contributed by atoms with Gasteiger partial charge in [-0.25, -0.2) is 4.21 Å². The average Bonchev–Trinajstić information content (AvgIpc) is 1.67. The van der Waals surface area contributed by atoms with Gasteiger partial charge >= 0.3 is 7.90 Å². The molecule has 0 aromatic rings. The van der Waals surface area contributed by atoms with E-state index in [9.17, 15) is 12.6 Å². The molecule has 0 aliphatic heterocycles. The molecule has 1 atom stereocenters. The zero-order valence-electron chi connectivity index (χ0n) is 3.34. The Morgan fingerprint density at radius 1 is 1.50 bits per heavy atom. The molecule has 0 saturated heterocycles. The summed E-state index contributed by atoms with van der Waals surface area (Å²) in [6, 6.07) is 0. The molecule has 0 aliphatic rings. The molecule has 8 heteroatoms. The van der Waals surface area contributed by atoms with Crippen LogP contribution in [0.2, 0.25) is 0 Å². The van der Waals surface area contributed by atoms with Crippen molar-refractivity contribution >= 4 is 29.1 Å². The van der Waals surface area contributed by atoms with E-state index in [-0.39, 0.29) is 0 Å². The second-order valence-corrected chi connectivity index (χ2v) is 6.67. The summed E-state index contributed by atoms with van der Waals surface area (Å²) in [7, 11) is -7.23. The second-order valence-electron chi connectivity index (χ2n) is 0.700. The van der Waals surface area contributed by atoms with Gasteiger partial charge in [0.2, 0.25) is 0 Å². The summed E-state index contributed by atoms with van der Waals surface area (Å²) in [6.45, 7) is 0. The van der Waals surface area contributed by atoms with Crippen molar-refractivity contribution in [3.8, 4) is 0 Å². The van der Waals surface area contributed by atoms with Gasteiger partial charge in [0.05, 0.1) is 0 Å². The maximum Gasteiger partial charge on any atom is 0.331 e. The van der Waals surface area contributed by atoms with Gasteiger partial charge in [0, 0.05) is 0 Å². The molecule has 0 fully saturated rings. The predicted octanol–water partition coefficient (Wildman–Crippen LogP) is -0.341. The fourth-order valence-electron chi connectivity index (χ4n) is 0.0260. The van der Waals surface area contributed by atoms with E-state index in [1.807, 2.05) is 0 Å². The van der Waals surface area contributed by atoms with Crippen molar-refractivity contribution in [2.45, 2.75) is 0 Å². The van der Waals surface area contributed by atoms with E-state index in [1.165, 1.54) is 0 Å². The zero-order chi connectivity index (χ0) is 6.78. The second kappa shape index (κ2) is 2.78. The van der Waals surface area contributed by atoms with E-state index in [0.717, 1.165) is 0 Å². The van der Waals surface area contributed by atoms with Gasteiger partial charge in [-0.2, -0.15) is 8.42 Å². The van der Waals surface area contributed by atoms with E-state index >= 15 is 0 Å². The van der Waals surface area contributed by atoms with Gasteiger partial charge in [-0.1, -0.05) is 0 Å². The number of hydrogen-bond acceptors (Lipinski definition) is 5. The molecule has 0 rings (SSSR count). The Balaban J connectivity index is 4.42. The summed E-state index contributed by atoms with van der Waals surface area (Å²) >= 11 is -0.643. The highest BCUT2D eigenvalue weighted by Gasteiger charge is 2.17. The molecule has 0 aromatic carbocycles. The lowest BCUT2D eigenvalue weighted by atomic mass is 15.9. The van der Waals surface area contributed by atoms with Crippen molar-refractivity contribution in [1.29, 1.82) is 0 Å². The van der Waals surface area contributed by atoms with Crippen LogP contribution in [0, 0.1) is 0 Å². The molecule has 8 heavy (non-hydrogen) atoms. The maximum absolute atomic E-state index is 9.86. The molecule has 1 unspecified atom stereocenters. The minimum absolute atomic E-state index is 0.643. The summed E-state index contributed by atoms with van der Waals surface area (Å²) < 4.78 is 44.8. The van der Waals surface area contributed by atoms with Gasteiger partial charge in [-0.3, -0.25) is 4.55 Å². The molecule has 0 spiro atoms. The van der Waals surface area contributed by atoms with Gasteiger partial charge in [0.15, 0.2) is 0 Å². The van der Waals surface area contributed by atoms with E-state index in [2.05, 4.69) is 0 Å². The van der Waals surface area contributed by atoms with Gasteiger partial charge in [0.25, 0.3) is 10.1 Å². The summed E-state index contributed by atoms with van der Waals surface area (Å²) in [6.07, 6.45) is 0. The first-order valence-electron chi connectivity index (χ1n) is 1.20. The Bertz CT molecular complexity index is 174. The third-order valence-electron chi connectivity index (χ3n) is 0.266. The van der Waals surface area contributed by atoms with E-state index in [0.29, 0.717) is 0 Å². The molecular weight excluding hydrogens is 176 g/mol. The van der Waals surface area contributed by atoms with Gasteiger partial charge < -0.3 is 4.55 Å². The standard InChI is InChI=1S/H2O5S3/c1-6-8(4,5)7(2)3/h1H,(H,2,3). The number of rotatable bonds is 2. The Kier molecular flexibility index (Phi) is 2.91. The van der Waals surface area contributed by atoms with Crippen LogP contribution in [0.15, 0.2) is 0 Å². The molecule has 0 heterocycles. The van der Waals surface area contributed by atoms with E-state index < -0.39 is 29.1 Å². The van der Waals surface area contributed by atoms with Crippen molar-refractivity contribution in [3.63, 3.8) is 0 Å². The Labute approximate surface area is 51.3 Å². The Hall–Kier alpha value is 0.370. The Morgan fingerprint density at radius 2 is 1.88 bits per heavy atom. The van der Waals surface area contributed by atoms with Crippen LogP contribution >= 0.6 is 11.1 Å². The fraction of sp³-hybridized carbons (Fsp3) is 0. The van der Waals surface area contributed by atoms with Gasteiger partial charge in [-0.15, -0.1) is 0 Å². The topological polar surface area (TPSA) is 91.7 Å². The van der Waals surface area contributed by atoms with E-state index in [4.69, 9.17) is 9.11 Å². The van der Waals surface area contributed by atoms with Gasteiger partial charge in [-0.05, 0) is 0 Å². The first kappa shape index (κ1) is 8.37. The lowest BCUT2D eigenvalue weighted by Gasteiger charge is -1.85. The van der Waals surface area contributed by atoms with Crippen LogP contribution in [0.3, 0.4) is 0 Å². The van der Waals surface area contributed by atoms with Crippen LogP contribution in [0.25, 0.3) is 0 Å². The maximum atomic E-state index is 9.86. The molecule has 0 saturated carbocycles. The average molecular weight is 178 g/mol.